The van der Waals surface area contributed by atoms with Crippen molar-refractivity contribution in [3.63, 3.8) is 0 Å². The summed E-state index contributed by atoms with van der Waals surface area (Å²) in [4.78, 5) is 25.1. The number of phosphoric acid groups is 1. The molecule has 1 amide bonds. The topological polar surface area (TPSA) is 108 Å². The number of hydrogen-bond donors (Lipinski definition) is 2. The van der Waals surface area contributed by atoms with Crippen molar-refractivity contribution < 1.29 is 32.9 Å². The molecule has 0 aliphatic heterocycles. The zero-order chi connectivity index (χ0) is 35.1. The van der Waals surface area contributed by atoms with E-state index < -0.39 is 20.0 Å². The average molecular weight is 689 g/mol. The highest BCUT2D eigenvalue weighted by Gasteiger charge is 2.24. The molecule has 0 saturated heterocycles. The van der Waals surface area contributed by atoms with E-state index in [-0.39, 0.29) is 19.1 Å². The molecule has 0 saturated carbocycles. The molecule has 0 rings (SSSR count). The third-order valence-electron chi connectivity index (χ3n) is 8.75. The zero-order valence-electron chi connectivity index (χ0n) is 31.5. The van der Waals surface area contributed by atoms with Crippen LogP contribution in [0.5, 0.6) is 0 Å². The first kappa shape index (κ1) is 46.2. The lowest BCUT2D eigenvalue weighted by Crippen LogP contribution is -2.46. The molecule has 0 aromatic carbocycles. The number of carbonyl (C=O) groups excluding carboxylic acids is 1. The van der Waals surface area contributed by atoms with Gasteiger partial charge in [-0.15, -0.1) is 0 Å². The van der Waals surface area contributed by atoms with Crippen LogP contribution in [0.1, 0.15) is 174 Å². The fourth-order valence-electron chi connectivity index (χ4n) is 5.56. The highest BCUT2D eigenvalue weighted by Crippen LogP contribution is 2.38. The molecule has 2 N–H and O–H groups in total. The molecule has 0 aliphatic carbocycles. The van der Waals surface area contributed by atoms with E-state index in [4.69, 9.17) is 9.05 Å². The first-order valence-electron chi connectivity index (χ1n) is 19.5. The van der Waals surface area contributed by atoms with Crippen LogP contribution < -0.4 is 10.2 Å². The minimum absolute atomic E-state index is 0.0124. The molecule has 0 aromatic rings. The molecule has 0 heterocycles. The summed E-state index contributed by atoms with van der Waals surface area (Å²) in [6.07, 6.45) is 32.2. The van der Waals surface area contributed by atoms with E-state index in [1.807, 2.05) is 21.1 Å². The van der Waals surface area contributed by atoms with Gasteiger partial charge in [-0.05, 0) is 38.5 Å². The third-order valence-corrected chi connectivity index (χ3v) is 9.72. The number of nitrogens with zero attached hydrogens (tertiary/aromatic N) is 1. The quantitative estimate of drug-likeness (QED) is 0.0297. The number of hydrogen-bond acceptors (Lipinski definition) is 6. The third kappa shape index (κ3) is 33.5. The molecule has 0 fully saturated rings. The van der Waals surface area contributed by atoms with E-state index in [1.54, 1.807) is 0 Å². The van der Waals surface area contributed by atoms with Gasteiger partial charge in [0.05, 0.1) is 39.9 Å². The Labute approximate surface area is 291 Å². The smallest absolute Gasteiger partial charge is 0.268 e. The number of allylic oxidation sites excluding steroid dienone is 2. The number of nitrogens with one attached hydrogen (secondary N) is 1. The summed E-state index contributed by atoms with van der Waals surface area (Å²) >= 11 is 0. The minimum Gasteiger partial charge on any atom is -0.756 e. The maximum Gasteiger partial charge on any atom is 0.268 e. The summed E-state index contributed by atoms with van der Waals surface area (Å²) in [7, 11) is 1.30. The maximum atomic E-state index is 12.8. The van der Waals surface area contributed by atoms with Crippen molar-refractivity contribution in [2.24, 2.45) is 0 Å². The molecular weight excluding hydrogens is 611 g/mol. The Bertz CT molecular complexity index is 789. The first-order chi connectivity index (χ1) is 22.5. The fourth-order valence-corrected chi connectivity index (χ4v) is 6.28. The van der Waals surface area contributed by atoms with Gasteiger partial charge in [-0.3, -0.25) is 9.36 Å². The second-order valence-corrected chi connectivity index (χ2v) is 16.0. The molecule has 0 aliphatic rings. The van der Waals surface area contributed by atoms with Crippen LogP contribution in [0.15, 0.2) is 12.2 Å². The van der Waals surface area contributed by atoms with Gasteiger partial charge in [0.25, 0.3) is 7.82 Å². The van der Waals surface area contributed by atoms with E-state index in [0.29, 0.717) is 23.9 Å². The SMILES string of the molecule is CCCCCCCC/C=C\CCCCCCCCCC(=O)NC(COP(=O)([O-])OCC[N+](C)(C)C)C(O)CCCCCCCCCC. The summed E-state index contributed by atoms with van der Waals surface area (Å²) in [6, 6.07) is -0.795. The lowest BCUT2D eigenvalue weighted by molar-refractivity contribution is -0.870. The lowest BCUT2D eigenvalue weighted by Gasteiger charge is -2.30. The van der Waals surface area contributed by atoms with E-state index in [1.165, 1.54) is 109 Å². The minimum atomic E-state index is -4.55. The normalized spacial score (nSPS) is 14.8. The van der Waals surface area contributed by atoms with Crippen LogP contribution in [0.2, 0.25) is 0 Å². The number of rotatable bonds is 35. The number of phosphoric ester groups is 1. The number of amides is 1. The number of quaternary nitrogens is 1. The zero-order valence-corrected chi connectivity index (χ0v) is 32.4. The second kappa shape index (κ2) is 31.2. The predicted octanol–water partition coefficient (Wildman–Crippen LogP) is 9.39. The van der Waals surface area contributed by atoms with E-state index in [0.717, 1.165) is 38.5 Å². The van der Waals surface area contributed by atoms with Crippen molar-refractivity contribution >= 4 is 13.7 Å². The van der Waals surface area contributed by atoms with Crippen molar-refractivity contribution in [1.29, 1.82) is 0 Å². The highest BCUT2D eigenvalue weighted by atomic mass is 31.2. The van der Waals surface area contributed by atoms with Crippen LogP contribution in [0, 0.1) is 0 Å². The fraction of sp³-hybridized carbons (Fsp3) is 0.921. The van der Waals surface area contributed by atoms with Crippen molar-refractivity contribution in [2.45, 2.75) is 187 Å². The Morgan fingerprint density at radius 3 is 1.66 bits per heavy atom. The van der Waals surface area contributed by atoms with Crippen LogP contribution in [0.3, 0.4) is 0 Å². The van der Waals surface area contributed by atoms with Gasteiger partial charge in [0.2, 0.25) is 5.91 Å². The van der Waals surface area contributed by atoms with Gasteiger partial charge >= 0.3 is 0 Å². The van der Waals surface area contributed by atoms with Gasteiger partial charge in [0.1, 0.15) is 13.2 Å². The molecule has 3 unspecified atom stereocenters. The summed E-state index contributed by atoms with van der Waals surface area (Å²) in [6.45, 7) is 4.66. The van der Waals surface area contributed by atoms with E-state index >= 15 is 0 Å². The van der Waals surface area contributed by atoms with Gasteiger partial charge in [0.15, 0.2) is 0 Å². The molecule has 0 bridgehead atoms. The molecule has 0 radical (unpaired) electrons. The van der Waals surface area contributed by atoms with Crippen LogP contribution >= 0.6 is 7.82 Å². The molecule has 47 heavy (non-hydrogen) atoms. The largest absolute Gasteiger partial charge is 0.756 e. The number of aliphatic hydroxyl groups is 1. The maximum absolute atomic E-state index is 12.8. The molecule has 3 atom stereocenters. The van der Waals surface area contributed by atoms with Crippen LogP contribution in [0.4, 0.5) is 0 Å². The molecule has 0 spiro atoms. The Morgan fingerprint density at radius 1 is 0.723 bits per heavy atom. The second-order valence-electron chi connectivity index (χ2n) is 14.6. The van der Waals surface area contributed by atoms with Gasteiger partial charge in [-0.2, -0.15) is 0 Å². The molecule has 280 valence electrons. The standard InChI is InChI=1S/C38H77N2O6P/c1-6-8-10-12-14-16-17-18-19-20-21-22-23-24-26-28-30-32-38(42)39-36(35-46-47(43,44)45-34-33-40(3,4)5)37(41)31-29-27-25-15-13-11-9-7-2/h18-19,36-37,41H,6-17,20-35H2,1-5H3,(H-,39,42,43,44)/b19-18-. The first-order valence-corrected chi connectivity index (χ1v) is 21.0. The Hall–Kier alpha value is -0.760. The average Bonchev–Trinajstić information content (AvgIpc) is 3.01. The number of likely N-dealkylation sites (N-methyl/N-ethyl adjacent to an activating group) is 1. The van der Waals surface area contributed by atoms with Gasteiger partial charge < -0.3 is 28.8 Å². The number of carbonyl (C=O) groups is 1. The van der Waals surface area contributed by atoms with Crippen molar-refractivity contribution in [3.05, 3.63) is 12.2 Å². The van der Waals surface area contributed by atoms with Gasteiger partial charge in [-0.1, -0.05) is 142 Å². The van der Waals surface area contributed by atoms with Crippen LogP contribution in [-0.2, 0) is 18.4 Å². The number of unbranched alkanes of at least 4 members (excludes halogenated alkanes) is 20. The summed E-state index contributed by atoms with van der Waals surface area (Å²) in [5.74, 6) is -0.173. The highest BCUT2D eigenvalue weighted by molar-refractivity contribution is 7.45. The Kier molecular flexibility index (Phi) is 30.7. The summed E-state index contributed by atoms with van der Waals surface area (Å²) in [5, 5.41) is 13.8. The summed E-state index contributed by atoms with van der Waals surface area (Å²) < 4.78 is 23.1. The van der Waals surface area contributed by atoms with Crippen molar-refractivity contribution in [2.75, 3.05) is 40.9 Å². The van der Waals surface area contributed by atoms with E-state index in [2.05, 4.69) is 31.3 Å². The van der Waals surface area contributed by atoms with Crippen molar-refractivity contribution in [3.8, 4) is 0 Å². The Morgan fingerprint density at radius 2 is 1.17 bits per heavy atom. The molecular formula is C38H77N2O6P. The lowest BCUT2D eigenvalue weighted by atomic mass is 10.0. The summed E-state index contributed by atoms with van der Waals surface area (Å²) in [5.41, 5.74) is 0. The van der Waals surface area contributed by atoms with Crippen LogP contribution in [0.25, 0.3) is 0 Å². The molecule has 9 heteroatoms. The Balaban J connectivity index is 4.34. The monoisotopic (exact) mass is 689 g/mol. The predicted molar refractivity (Wildman–Crippen MR) is 196 cm³/mol. The van der Waals surface area contributed by atoms with Gasteiger partial charge in [-0.25, -0.2) is 0 Å². The van der Waals surface area contributed by atoms with Gasteiger partial charge in [0, 0.05) is 6.42 Å². The van der Waals surface area contributed by atoms with E-state index in [9.17, 15) is 19.4 Å². The van der Waals surface area contributed by atoms with Crippen molar-refractivity contribution in [1.82, 2.24) is 5.32 Å². The molecule has 0 aromatic heterocycles. The number of aliphatic hydroxyl groups excluding tert-OH is 1. The molecule has 8 nitrogen and oxygen atoms in total. The van der Waals surface area contributed by atoms with Crippen LogP contribution in [-0.4, -0.2) is 68.5 Å².